The Bertz CT molecular complexity index is 1720. The van der Waals surface area contributed by atoms with Gasteiger partial charge >= 0.3 is 0 Å². The van der Waals surface area contributed by atoms with E-state index in [0.717, 1.165) is 34.2 Å². The van der Waals surface area contributed by atoms with Crippen LogP contribution in [0.15, 0.2) is 89.4 Å². The number of aryl methyl sites for hydroxylation is 2. The van der Waals surface area contributed by atoms with Gasteiger partial charge in [-0.3, -0.25) is 4.31 Å². The topological polar surface area (TPSA) is 75.2 Å². The minimum absolute atomic E-state index is 0.197. The van der Waals surface area contributed by atoms with Crippen molar-refractivity contribution in [3.8, 4) is 11.1 Å². The Kier molecular flexibility index (Phi) is 6.59. The van der Waals surface area contributed by atoms with Gasteiger partial charge in [-0.15, -0.1) is 11.3 Å². The van der Waals surface area contributed by atoms with Gasteiger partial charge in [-0.2, -0.15) is 0 Å². The minimum Gasteiger partial charge on any atom is -0.338 e. The van der Waals surface area contributed by atoms with Crippen LogP contribution in [0.3, 0.4) is 0 Å². The molecule has 0 atom stereocenters. The van der Waals surface area contributed by atoms with Crippen molar-refractivity contribution in [2.24, 2.45) is 0 Å². The van der Waals surface area contributed by atoms with Crippen LogP contribution in [0.1, 0.15) is 30.9 Å². The summed E-state index contributed by atoms with van der Waals surface area (Å²) in [6, 6.07) is 22.9. The van der Waals surface area contributed by atoms with Crippen LogP contribution in [0.4, 0.5) is 17.2 Å². The summed E-state index contributed by atoms with van der Waals surface area (Å²) >= 11 is 1.57. The number of benzene rings is 3. The first-order valence-electron chi connectivity index (χ1n) is 12.8. The van der Waals surface area contributed by atoms with Crippen LogP contribution >= 0.6 is 11.3 Å². The van der Waals surface area contributed by atoms with Crippen LogP contribution in [-0.4, -0.2) is 24.9 Å². The lowest BCUT2D eigenvalue weighted by Gasteiger charge is -2.24. The van der Waals surface area contributed by atoms with Crippen LogP contribution in [0, 0.1) is 0 Å². The normalized spacial score (nSPS) is 13.3. The van der Waals surface area contributed by atoms with Crippen molar-refractivity contribution < 1.29 is 8.42 Å². The summed E-state index contributed by atoms with van der Waals surface area (Å²) in [5.41, 5.74) is 6.15. The lowest BCUT2D eigenvalue weighted by atomic mass is 9.89. The highest BCUT2D eigenvalue weighted by Gasteiger charge is 2.27. The van der Waals surface area contributed by atoms with Gasteiger partial charge in [0, 0.05) is 17.5 Å². The van der Waals surface area contributed by atoms with Gasteiger partial charge in [0.1, 0.15) is 21.9 Å². The molecule has 1 aliphatic carbocycles. The molecule has 1 N–H and O–H groups in total. The van der Waals surface area contributed by atoms with Crippen molar-refractivity contribution in [3.63, 3.8) is 0 Å². The summed E-state index contributed by atoms with van der Waals surface area (Å²) in [5, 5.41) is 6.38. The summed E-state index contributed by atoms with van der Waals surface area (Å²) in [6.45, 7) is 2.15. The van der Waals surface area contributed by atoms with Gasteiger partial charge in [-0.1, -0.05) is 48.5 Å². The summed E-state index contributed by atoms with van der Waals surface area (Å²) in [7, 11) is -3.84. The fourth-order valence-electron chi connectivity index (χ4n) is 5.21. The van der Waals surface area contributed by atoms with E-state index in [1.54, 1.807) is 41.7 Å². The molecule has 0 spiro atoms. The van der Waals surface area contributed by atoms with Crippen molar-refractivity contribution >= 4 is 48.8 Å². The average Bonchev–Trinajstić information content (AvgIpc) is 3.39. The molecule has 2 heterocycles. The molecule has 38 heavy (non-hydrogen) atoms. The van der Waals surface area contributed by atoms with Crippen LogP contribution in [-0.2, 0) is 22.9 Å². The third kappa shape index (κ3) is 4.44. The zero-order chi connectivity index (χ0) is 26.1. The summed E-state index contributed by atoms with van der Waals surface area (Å²) in [6.07, 6.45) is 6.24. The Hall–Kier alpha value is -3.75. The number of nitrogens with one attached hydrogen (secondary N) is 1. The molecule has 192 valence electrons. The van der Waals surface area contributed by atoms with Gasteiger partial charge in [-0.05, 0) is 73.6 Å². The van der Waals surface area contributed by atoms with Crippen LogP contribution < -0.4 is 9.62 Å². The quantitative estimate of drug-likeness (QED) is 0.236. The summed E-state index contributed by atoms with van der Waals surface area (Å²) in [5.74, 6) is 0.592. The Morgan fingerprint density at radius 3 is 2.50 bits per heavy atom. The smallest absolute Gasteiger partial charge is 0.266 e. The van der Waals surface area contributed by atoms with Gasteiger partial charge in [-0.25, -0.2) is 18.4 Å². The monoisotopic (exact) mass is 540 g/mol. The molecule has 1 aliphatic rings. The lowest BCUT2D eigenvalue weighted by Crippen LogP contribution is -2.31. The van der Waals surface area contributed by atoms with E-state index in [4.69, 9.17) is 0 Å². The third-order valence-electron chi connectivity index (χ3n) is 7.07. The number of hydrogen-bond acceptors (Lipinski definition) is 6. The van der Waals surface area contributed by atoms with Crippen LogP contribution in [0.2, 0.25) is 0 Å². The largest absolute Gasteiger partial charge is 0.338 e. The van der Waals surface area contributed by atoms with Gasteiger partial charge in [0.05, 0.1) is 16.8 Å². The third-order valence-corrected chi connectivity index (χ3v) is 9.92. The second-order valence-electron chi connectivity index (χ2n) is 9.37. The molecule has 6 rings (SSSR count). The molecule has 8 heteroatoms. The first kappa shape index (κ1) is 24.6. The van der Waals surface area contributed by atoms with Crippen molar-refractivity contribution in [2.75, 3.05) is 16.2 Å². The van der Waals surface area contributed by atoms with Crippen LogP contribution in [0.5, 0.6) is 0 Å². The van der Waals surface area contributed by atoms with Gasteiger partial charge in [0.2, 0.25) is 0 Å². The maximum atomic E-state index is 13.9. The van der Waals surface area contributed by atoms with E-state index in [-0.39, 0.29) is 4.90 Å². The summed E-state index contributed by atoms with van der Waals surface area (Å²) < 4.78 is 29.2. The number of fused-ring (bicyclic) bond motifs is 2. The maximum absolute atomic E-state index is 13.9. The van der Waals surface area contributed by atoms with E-state index >= 15 is 0 Å². The molecule has 6 nitrogen and oxygen atoms in total. The molecular weight excluding hydrogens is 512 g/mol. The number of aromatic nitrogens is 2. The highest BCUT2D eigenvalue weighted by molar-refractivity contribution is 7.93. The number of nitrogens with zero attached hydrogens (tertiary/aromatic N) is 3. The molecule has 0 aliphatic heterocycles. The van der Waals surface area contributed by atoms with Crippen molar-refractivity contribution in [3.05, 3.63) is 95.6 Å². The first-order valence-corrected chi connectivity index (χ1v) is 15.2. The molecule has 0 saturated carbocycles. The predicted octanol–water partition coefficient (Wildman–Crippen LogP) is 7.20. The molecule has 0 bridgehead atoms. The van der Waals surface area contributed by atoms with Crippen molar-refractivity contribution in [2.45, 2.75) is 37.5 Å². The average molecular weight is 541 g/mol. The molecule has 2 aromatic heterocycles. The van der Waals surface area contributed by atoms with E-state index in [0.29, 0.717) is 23.7 Å². The number of para-hydroxylation sites is 2. The number of sulfonamides is 1. The Labute approximate surface area is 227 Å². The minimum atomic E-state index is -3.84. The van der Waals surface area contributed by atoms with Gasteiger partial charge in [0.25, 0.3) is 10.0 Å². The SMILES string of the molecule is CCN(c1ccccc1)S(=O)(=O)c1ccccc1Nc1ncnc2scc(-c3ccc4c(c3)CCCC4)c12. The molecule has 5 aromatic rings. The Morgan fingerprint density at radius 1 is 0.921 bits per heavy atom. The Morgan fingerprint density at radius 2 is 1.68 bits per heavy atom. The number of anilines is 3. The molecule has 0 radical (unpaired) electrons. The zero-order valence-corrected chi connectivity index (χ0v) is 22.7. The van der Waals surface area contributed by atoms with Crippen molar-refractivity contribution in [1.82, 2.24) is 9.97 Å². The number of rotatable bonds is 7. The van der Waals surface area contributed by atoms with Crippen molar-refractivity contribution in [1.29, 1.82) is 0 Å². The second-order valence-corrected chi connectivity index (χ2v) is 12.1. The maximum Gasteiger partial charge on any atom is 0.266 e. The fourth-order valence-corrected chi connectivity index (χ4v) is 7.75. The Balaban J connectivity index is 1.42. The highest BCUT2D eigenvalue weighted by Crippen LogP contribution is 2.40. The molecule has 3 aromatic carbocycles. The number of thiophene rings is 1. The van der Waals surface area contributed by atoms with Gasteiger partial charge in [0.15, 0.2) is 0 Å². The second kappa shape index (κ2) is 10.2. The van der Waals surface area contributed by atoms with E-state index in [1.165, 1.54) is 34.6 Å². The molecular formula is C30H28N4O2S2. The fraction of sp³-hybridized carbons (Fsp3) is 0.200. The van der Waals surface area contributed by atoms with Crippen LogP contribution in [0.25, 0.3) is 21.3 Å². The van der Waals surface area contributed by atoms with Gasteiger partial charge < -0.3 is 5.32 Å². The number of hydrogen-bond donors (Lipinski definition) is 1. The molecule has 0 amide bonds. The highest BCUT2D eigenvalue weighted by atomic mass is 32.2. The lowest BCUT2D eigenvalue weighted by molar-refractivity contribution is 0.592. The molecule has 0 unspecified atom stereocenters. The first-order chi connectivity index (χ1) is 18.6. The van der Waals surface area contributed by atoms with E-state index < -0.39 is 10.0 Å². The predicted molar refractivity (Wildman–Crippen MR) is 156 cm³/mol. The molecule has 0 saturated heterocycles. The van der Waals surface area contributed by atoms with E-state index in [9.17, 15) is 8.42 Å². The standard InChI is InChI=1S/C30H28N4O2S2/c1-2-34(24-12-4-3-5-13-24)38(35,36)27-15-9-8-14-26(27)33-29-28-25(19-37-30(28)32-20-31-29)23-17-16-21-10-6-7-11-22(21)18-23/h3-5,8-9,12-20H,2,6-7,10-11H2,1H3,(H,31,32,33). The molecule has 0 fully saturated rings. The zero-order valence-electron chi connectivity index (χ0n) is 21.1. The van der Waals surface area contributed by atoms with E-state index in [1.807, 2.05) is 31.2 Å². The van der Waals surface area contributed by atoms with E-state index in [2.05, 4.69) is 38.9 Å². The summed E-state index contributed by atoms with van der Waals surface area (Å²) in [4.78, 5) is 10.1.